The lowest BCUT2D eigenvalue weighted by Gasteiger charge is -2.18. The van der Waals surface area contributed by atoms with Crippen molar-refractivity contribution in [2.75, 3.05) is 6.26 Å². The fourth-order valence-electron chi connectivity index (χ4n) is 4.95. The molecule has 4 aromatic rings. The van der Waals surface area contributed by atoms with Crippen molar-refractivity contribution in [1.29, 1.82) is 0 Å². The summed E-state index contributed by atoms with van der Waals surface area (Å²) in [6, 6.07) is 9.57. The summed E-state index contributed by atoms with van der Waals surface area (Å²) in [5.41, 5.74) is -0.560. The number of aryl methyl sites for hydroxylation is 2. The summed E-state index contributed by atoms with van der Waals surface area (Å²) < 4.78 is 82.4. The summed E-state index contributed by atoms with van der Waals surface area (Å²) in [6.07, 6.45) is -0.0720. The number of sulfone groups is 1. The molecule has 0 aliphatic heterocycles. The van der Waals surface area contributed by atoms with Gasteiger partial charge in [-0.05, 0) is 67.6 Å². The van der Waals surface area contributed by atoms with E-state index in [1.165, 1.54) is 37.4 Å². The monoisotopic (exact) mass is 591 g/mol. The zero-order chi connectivity index (χ0) is 29.1. The topological polar surface area (TPSA) is 81.9 Å². The van der Waals surface area contributed by atoms with Crippen molar-refractivity contribution in [1.82, 2.24) is 14.5 Å². The van der Waals surface area contributed by atoms with E-state index in [0.717, 1.165) is 16.9 Å². The lowest BCUT2D eigenvalue weighted by Crippen LogP contribution is -2.24. The molecule has 1 saturated carbocycles. The van der Waals surface area contributed by atoms with E-state index < -0.39 is 44.0 Å². The van der Waals surface area contributed by atoms with E-state index in [9.17, 15) is 22.0 Å². The summed E-state index contributed by atoms with van der Waals surface area (Å²) in [5.74, 6) is -2.63. The summed E-state index contributed by atoms with van der Waals surface area (Å²) in [6.45, 7) is 3.10. The molecule has 5 rings (SSSR count). The zero-order valence-corrected chi connectivity index (χ0v) is 23.0. The van der Waals surface area contributed by atoms with Crippen LogP contribution in [0.2, 0.25) is 5.02 Å². The highest BCUT2D eigenvalue weighted by Crippen LogP contribution is 2.55. The van der Waals surface area contributed by atoms with Crippen LogP contribution in [0.15, 0.2) is 58.4 Å². The van der Waals surface area contributed by atoms with E-state index in [0.29, 0.717) is 23.4 Å². The van der Waals surface area contributed by atoms with Crippen molar-refractivity contribution in [3.05, 3.63) is 104 Å². The maximum Gasteiger partial charge on any atom is 0.280 e. The third-order valence-corrected chi connectivity index (χ3v) is 8.46. The summed E-state index contributed by atoms with van der Waals surface area (Å²) >= 11 is 6.51. The molecule has 1 aliphatic carbocycles. The largest absolute Gasteiger partial charge is 0.280 e. The Balaban J connectivity index is 1.59. The van der Waals surface area contributed by atoms with E-state index in [1.807, 2.05) is 0 Å². The van der Waals surface area contributed by atoms with Gasteiger partial charge in [0.2, 0.25) is 0 Å². The van der Waals surface area contributed by atoms with Crippen molar-refractivity contribution in [3.8, 4) is 16.9 Å². The molecular weight excluding hydrogens is 570 g/mol. The SMILES string of the molecule is Cc1cnc(-c2cccc(S(C)(=O)=O)c2F)c(F)c1-n1c(C)cc([C@@H]2CC2c2cccc(C(F)F)n2)c(Cl)c1=O. The average Bonchev–Trinajstić information content (AvgIpc) is 3.69. The van der Waals surface area contributed by atoms with Crippen LogP contribution in [0.25, 0.3) is 16.9 Å². The van der Waals surface area contributed by atoms with Crippen LogP contribution in [0, 0.1) is 25.5 Å². The maximum absolute atomic E-state index is 16.0. The molecular formula is C28H22ClF4N3O3S. The molecule has 0 saturated heterocycles. The first kappa shape index (κ1) is 28.0. The zero-order valence-electron chi connectivity index (χ0n) is 21.4. The Kier molecular flexibility index (Phi) is 7.08. The van der Waals surface area contributed by atoms with E-state index in [1.54, 1.807) is 19.1 Å². The molecule has 12 heteroatoms. The molecule has 6 nitrogen and oxygen atoms in total. The lowest BCUT2D eigenvalue weighted by molar-refractivity contribution is 0.146. The Hall–Kier alpha value is -3.57. The molecule has 208 valence electrons. The Labute approximate surface area is 232 Å². The molecule has 1 fully saturated rings. The van der Waals surface area contributed by atoms with E-state index in [-0.39, 0.29) is 39.4 Å². The Bertz CT molecular complexity index is 1840. The molecule has 2 atom stereocenters. The van der Waals surface area contributed by atoms with Gasteiger partial charge < -0.3 is 0 Å². The van der Waals surface area contributed by atoms with Gasteiger partial charge in [-0.2, -0.15) is 0 Å². The summed E-state index contributed by atoms with van der Waals surface area (Å²) in [5, 5.41) is -0.162. The minimum atomic E-state index is -3.94. The number of rotatable bonds is 6. The van der Waals surface area contributed by atoms with Crippen LogP contribution in [-0.4, -0.2) is 29.2 Å². The van der Waals surface area contributed by atoms with Gasteiger partial charge in [-0.25, -0.2) is 26.0 Å². The van der Waals surface area contributed by atoms with Crippen LogP contribution in [0.4, 0.5) is 17.6 Å². The molecule has 0 bridgehead atoms. The smallest absolute Gasteiger partial charge is 0.277 e. The molecule has 0 radical (unpaired) electrons. The van der Waals surface area contributed by atoms with E-state index in [2.05, 4.69) is 9.97 Å². The molecule has 3 aromatic heterocycles. The first-order chi connectivity index (χ1) is 18.8. The van der Waals surface area contributed by atoms with Crippen LogP contribution in [0.3, 0.4) is 0 Å². The second-order valence-corrected chi connectivity index (χ2v) is 12.1. The lowest BCUT2D eigenvalue weighted by atomic mass is 10.1. The maximum atomic E-state index is 16.0. The third-order valence-electron chi connectivity index (χ3n) is 6.97. The average molecular weight is 592 g/mol. The fraction of sp³-hybridized carbons (Fsp3) is 0.250. The third kappa shape index (κ3) is 4.81. The number of aromatic nitrogens is 3. The van der Waals surface area contributed by atoms with Gasteiger partial charge in [-0.3, -0.25) is 19.3 Å². The first-order valence-electron chi connectivity index (χ1n) is 12.1. The quantitative estimate of drug-likeness (QED) is 0.241. The van der Waals surface area contributed by atoms with Crippen molar-refractivity contribution in [3.63, 3.8) is 0 Å². The van der Waals surface area contributed by atoms with Crippen LogP contribution in [0.5, 0.6) is 0 Å². The van der Waals surface area contributed by atoms with Gasteiger partial charge in [0.25, 0.3) is 12.0 Å². The highest BCUT2D eigenvalue weighted by atomic mass is 35.5. The Morgan fingerprint density at radius 1 is 1.05 bits per heavy atom. The van der Waals surface area contributed by atoms with Crippen molar-refractivity contribution in [2.24, 2.45) is 0 Å². The predicted molar refractivity (Wildman–Crippen MR) is 142 cm³/mol. The van der Waals surface area contributed by atoms with Gasteiger partial charge in [-0.15, -0.1) is 0 Å². The fourth-order valence-corrected chi connectivity index (χ4v) is 5.99. The minimum Gasteiger partial charge on any atom is -0.277 e. The van der Waals surface area contributed by atoms with E-state index >= 15 is 8.78 Å². The minimum absolute atomic E-state index is 0.162. The molecule has 1 aliphatic rings. The Morgan fingerprint density at radius 2 is 1.75 bits per heavy atom. The van der Waals surface area contributed by atoms with Crippen LogP contribution in [0.1, 0.15) is 52.9 Å². The van der Waals surface area contributed by atoms with Crippen molar-refractivity contribution >= 4 is 21.4 Å². The van der Waals surface area contributed by atoms with Crippen molar-refractivity contribution < 1.29 is 26.0 Å². The summed E-state index contributed by atoms with van der Waals surface area (Å²) in [7, 11) is -3.94. The van der Waals surface area contributed by atoms with Gasteiger partial charge in [0.15, 0.2) is 21.5 Å². The molecule has 0 N–H and O–H groups in total. The number of pyridine rings is 3. The Morgan fingerprint density at radius 3 is 2.42 bits per heavy atom. The van der Waals surface area contributed by atoms with Gasteiger partial charge in [0, 0.05) is 35.3 Å². The van der Waals surface area contributed by atoms with Gasteiger partial charge in [-0.1, -0.05) is 23.7 Å². The van der Waals surface area contributed by atoms with Gasteiger partial charge in [0.05, 0.1) is 5.69 Å². The number of hydrogen-bond acceptors (Lipinski definition) is 5. The molecule has 1 unspecified atom stereocenters. The predicted octanol–water partition coefficient (Wildman–Crippen LogP) is 6.46. The highest BCUT2D eigenvalue weighted by molar-refractivity contribution is 7.90. The highest BCUT2D eigenvalue weighted by Gasteiger charge is 2.43. The van der Waals surface area contributed by atoms with E-state index in [4.69, 9.17) is 11.6 Å². The number of alkyl halides is 2. The summed E-state index contributed by atoms with van der Waals surface area (Å²) in [4.78, 5) is 20.9. The van der Waals surface area contributed by atoms with Crippen LogP contribution < -0.4 is 5.56 Å². The normalized spacial score (nSPS) is 16.9. The molecule has 1 aromatic carbocycles. The van der Waals surface area contributed by atoms with Crippen molar-refractivity contribution in [2.45, 2.75) is 43.4 Å². The molecule has 0 spiro atoms. The molecule has 3 heterocycles. The number of benzene rings is 1. The second-order valence-electron chi connectivity index (χ2n) is 9.77. The first-order valence-corrected chi connectivity index (χ1v) is 14.4. The second kappa shape index (κ2) is 10.1. The number of nitrogens with zero attached hydrogens (tertiary/aromatic N) is 3. The number of hydrogen-bond donors (Lipinski definition) is 0. The van der Waals surface area contributed by atoms with Crippen LogP contribution in [-0.2, 0) is 9.84 Å². The van der Waals surface area contributed by atoms with Gasteiger partial charge in [0.1, 0.15) is 21.3 Å². The van der Waals surface area contributed by atoms with Crippen LogP contribution >= 0.6 is 11.6 Å². The van der Waals surface area contributed by atoms with Gasteiger partial charge >= 0.3 is 0 Å². The standard InChI is InChI=1S/C28H22ClF4N3O3S/c1-13-12-34-25(15-6-4-9-21(23(15)30)40(3,38)39)24(31)26(13)36-14(2)10-18(22(29)28(36)37)16-11-17(16)19-7-5-8-20(35-19)27(32)33/h4-10,12,16-17,27H,11H2,1-3H3/t16-,17?/m1/s1. The number of halogens is 5. The molecule has 40 heavy (non-hydrogen) atoms. The molecule has 0 amide bonds.